The van der Waals surface area contributed by atoms with E-state index in [2.05, 4.69) is 39.5 Å². The maximum atomic E-state index is 5.48. The SMILES string of the molecule is CCOc1ccc(CNC2CCN(c3ccncc3)CC2)cc1. The Morgan fingerprint density at radius 2 is 1.78 bits per heavy atom. The summed E-state index contributed by atoms with van der Waals surface area (Å²) >= 11 is 0. The largest absolute Gasteiger partial charge is 0.494 e. The van der Waals surface area contributed by atoms with Gasteiger partial charge in [-0.3, -0.25) is 4.98 Å². The molecule has 3 rings (SSSR count). The number of benzene rings is 1. The number of piperidine rings is 1. The molecule has 0 radical (unpaired) electrons. The maximum absolute atomic E-state index is 5.48. The second-order valence-corrected chi connectivity index (χ2v) is 5.92. The molecule has 1 saturated heterocycles. The Morgan fingerprint density at radius 1 is 1.09 bits per heavy atom. The normalized spacial score (nSPS) is 15.6. The third kappa shape index (κ3) is 4.45. The van der Waals surface area contributed by atoms with E-state index >= 15 is 0 Å². The minimum atomic E-state index is 0.597. The molecule has 0 spiro atoms. The first-order valence-corrected chi connectivity index (χ1v) is 8.45. The summed E-state index contributed by atoms with van der Waals surface area (Å²) in [5.41, 5.74) is 2.59. The van der Waals surface area contributed by atoms with Gasteiger partial charge in [0.05, 0.1) is 6.61 Å². The molecular weight excluding hydrogens is 286 g/mol. The molecule has 0 amide bonds. The van der Waals surface area contributed by atoms with Crippen LogP contribution in [0.1, 0.15) is 25.3 Å². The summed E-state index contributed by atoms with van der Waals surface area (Å²) in [6.07, 6.45) is 6.09. The summed E-state index contributed by atoms with van der Waals surface area (Å²) in [7, 11) is 0. The second kappa shape index (κ2) is 7.97. The van der Waals surface area contributed by atoms with E-state index in [1.807, 2.05) is 31.5 Å². The van der Waals surface area contributed by atoms with Crippen LogP contribution in [0.2, 0.25) is 0 Å². The molecular formula is C19H25N3O. The van der Waals surface area contributed by atoms with E-state index in [9.17, 15) is 0 Å². The monoisotopic (exact) mass is 311 g/mol. The number of pyridine rings is 1. The first-order valence-electron chi connectivity index (χ1n) is 8.45. The number of hydrogen-bond donors (Lipinski definition) is 1. The summed E-state index contributed by atoms with van der Waals surface area (Å²) in [6.45, 7) is 5.85. The Balaban J connectivity index is 1.44. The summed E-state index contributed by atoms with van der Waals surface area (Å²) < 4.78 is 5.48. The molecule has 1 fully saturated rings. The minimum Gasteiger partial charge on any atom is -0.494 e. The number of nitrogens with one attached hydrogen (secondary N) is 1. The molecule has 0 bridgehead atoms. The van der Waals surface area contributed by atoms with Gasteiger partial charge in [-0.1, -0.05) is 12.1 Å². The van der Waals surface area contributed by atoms with Gasteiger partial charge in [-0.2, -0.15) is 0 Å². The molecule has 1 aromatic heterocycles. The summed E-state index contributed by atoms with van der Waals surface area (Å²) in [5, 5.41) is 3.68. The lowest BCUT2D eigenvalue weighted by molar-refractivity contribution is 0.340. The van der Waals surface area contributed by atoms with E-state index in [1.165, 1.54) is 24.1 Å². The molecule has 0 atom stereocenters. The van der Waals surface area contributed by atoms with Crippen molar-refractivity contribution in [3.63, 3.8) is 0 Å². The highest BCUT2D eigenvalue weighted by Crippen LogP contribution is 2.19. The van der Waals surface area contributed by atoms with Crippen LogP contribution >= 0.6 is 0 Å². The molecule has 4 heteroatoms. The Labute approximate surface area is 138 Å². The van der Waals surface area contributed by atoms with Crippen LogP contribution in [0, 0.1) is 0 Å². The van der Waals surface area contributed by atoms with Crippen LogP contribution in [0.3, 0.4) is 0 Å². The lowest BCUT2D eigenvalue weighted by Gasteiger charge is -2.34. The van der Waals surface area contributed by atoms with Crippen molar-refractivity contribution in [3.05, 3.63) is 54.4 Å². The fraction of sp³-hybridized carbons (Fsp3) is 0.421. The number of rotatable bonds is 6. The number of nitrogens with zero attached hydrogens (tertiary/aromatic N) is 2. The highest BCUT2D eigenvalue weighted by atomic mass is 16.5. The Hall–Kier alpha value is -2.07. The smallest absolute Gasteiger partial charge is 0.119 e. The second-order valence-electron chi connectivity index (χ2n) is 5.92. The van der Waals surface area contributed by atoms with Crippen LogP contribution in [0.5, 0.6) is 5.75 Å². The first-order chi connectivity index (χ1) is 11.3. The fourth-order valence-electron chi connectivity index (χ4n) is 3.03. The Morgan fingerprint density at radius 3 is 2.43 bits per heavy atom. The number of ether oxygens (including phenoxy) is 1. The quantitative estimate of drug-likeness (QED) is 0.889. The fourth-order valence-corrected chi connectivity index (χ4v) is 3.03. The van der Waals surface area contributed by atoms with E-state index in [1.54, 1.807) is 0 Å². The maximum Gasteiger partial charge on any atom is 0.119 e. The van der Waals surface area contributed by atoms with Crippen LogP contribution in [0.4, 0.5) is 5.69 Å². The van der Waals surface area contributed by atoms with Gasteiger partial charge >= 0.3 is 0 Å². The zero-order chi connectivity index (χ0) is 15.9. The molecule has 1 N–H and O–H groups in total. The van der Waals surface area contributed by atoms with Gasteiger partial charge in [-0.15, -0.1) is 0 Å². The average molecular weight is 311 g/mol. The molecule has 2 aromatic rings. The van der Waals surface area contributed by atoms with Crippen molar-refractivity contribution in [3.8, 4) is 5.75 Å². The van der Waals surface area contributed by atoms with Gasteiger partial charge in [-0.05, 0) is 49.6 Å². The van der Waals surface area contributed by atoms with Gasteiger partial charge in [0.2, 0.25) is 0 Å². The molecule has 1 aliphatic rings. The lowest BCUT2D eigenvalue weighted by Crippen LogP contribution is -2.42. The lowest BCUT2D eigenvalue weighted by atomic mass is 10.0. The van der Waals surface area contributed by atoms with Crippen molar-refractivity contribution in [2.24, 2.45) is 0 Å². The number of aromatic nitrogens is 1. The third-order valence-electron chi connectivity index (χ3n) is 4.35. The van der Waals surface area contributed by atoms with Gasteiger partial charge < -0.3 is 15.0 Å². The van der Waals surface area contributed by atoms with Crippen molar-refractivity contribution in [1.29, 1.82) is 0 Å². The molecule has 122 valence electrons. The van der Waals surface area contributed by atoms with Gasteiger partial charge in [0.1, 0.15) is 5.75 Å². The standard InChI is InChI=1S/C19H25N3O/c1-2-23-19-5-3-16(4-6-19)15-21-17-9-13-22(14-10-17)18-7-11-20-12-8-18/h3-8,11-12,17,21H,2,9-10,13-15H2,1H3. The minimum absolute atomic E-state index is 0.597. The van der Waals surface area contributed by atoms with Crippen LogP contribution in [0.25, 0.3) is 0 Å². The first kappa shape index (κ1) is 15.8. The Kier molecular flexibility index (Phi) is 5.48. The predicted molar refractivity (Wildman–Crippen MR) is 93.9 cm³/mol. The number of hydrogen-bond acceptors (Lipinski definition) is 4. The van der Waals surface area contributed by atoms with E-state index in [0.717, 1.165) is 25.4 Å². The van der Waals surface area contributed by atoms with Gasteiger partial charge in [-0.25, -0.2) is 0 Å². The van der Waals surface area contributed by atoms with Gasteiger partial charge in [0.25, 0.3) is 0 Å². The van der Waals surface area contributed by atoms with Crippen molar-refractivity contribution in [2.45, 2.75) is 32.4 Å². The highest BCUT2D eigenvalue weighted by molar-refractivity contribution is 5.44. The van der Waals surface area contributed by atoms with E-state index in [4.69, 9.17) is 4.74 Å². The molecule has 4 nitrogen and oxygen atoms in total. The van der Waals surface area contributed by atoms with Crippen LogP contribution in [0.15, 0.2) is 48.8 Å². The predicted octanol–water partition coefficient (Wildman–Crippen LogP) is 3.24. The molecule has 2 heterocycles. The van der Waals surface area contributed by atoms with E-state index < -0.39 is 0 Å². The van der Waals surface area contributed by atoms with E-state index in [-0.39, 0.29) is 0 Å². The topological polar surface area (TPSA) is 37.4 Å². The summed E-state index contributed by atoms with van der Waals surface area (Å²) in [6, 6.07) is 13.2. The van der Waals surface area contributed by atoms with Gasteiger partial charge in [0.15, 0.2) is 0 Å². The molecule has 0 aliphatic carbocycles. The zero-order valence-corrected chi connectivity index (χ0v) is 13.7. The average Bonchev–Trinajstić information content (AvgIpc) is 2.63. The third-order valence-corrected chi connectivity index (χ3v) is 4.35. The van der Waals surface area contributed by atoms with Crippen molar-refractivity contribution < 1.29 is 4.74 Å². The number of anilines is 1. The van der Waals surface area contributed by atoms with Crippen LogP contribution < -0.4 is 15.0 Å². The molecule has 23 heavy (non-hydrogen) atoms. The van der Waals surface area contributed by atoms with Crippen molar-refractivity contribution in [2.75, 3.05) is 24.6 Å². The summed E-state index contributed by atoms with van der Waals surface area (Å²) in [4.78, 5) is 6.53. The van der Waals surface area contributed by atoms with Crippen LogP contribution in [-0.2, 0) is 6.54 Å². The van der Waals surface area contributed by atoms with Gasteiger partial charge in [0, 0.05) is 43.8 Å². The zero-order valence-electron chi connectivity index (χ0n) is 13.7. The van der Waals surface area contributed by atoms with E-state index in [0.29, 0.717) is 12.6 Å². The summed E-state index contributed by atoms with van der Waals surface area (Å²) in [5.74, 6) is 0.946. The van der Waals surface area contributed by atoms with Crippen molar-refractivity contribution in [1.82, 2.24) is 10.3 Å². The molecule has 1 aliphatic heterocycles. The van der Waals surface area contributed by atoms with Crippen molar-refractivity contribution >= 4 is 5.69 Å². The molecule has 1 aromatic carbocycles. The molecule has 0 saturated carbocycles. The highest BCUT2D eigenvalue weighted by Gasteiger charge is 2.18. The Bertz CT molecular complexity index is 577. The van der Waals surface area contributed by atoms with Crippen LogP contribution in [-0.4, -0.2) is 30.7 Å². The molecule has 0 unspecified atom stereocenters.